The molecule has 5 nitrogen and oxygen atoms in total. The third-order valence-corrected chi connectivity index (χ3v) is 3.47. The Labute approximate surface area is 113 Å². The third-order valence-electron chi connectivity index (χ3n) is 3.47. The summed E-state index contributed by atoms with van der Waals surface area (Å²) >= 11 is 0. The highest BCUT2D eigenvalue weighted by atomic mass is 16.5. The van der Waals surface area contributed by atoms with Crippen molar-refractivity contribution in [1.82, 2.24) is 10.2 Å². The highest BCUT2D eigenvalue weighted by molar-refractivity contribution is 5.42. The molecule has 0 radical (unpaired) electrons. The Hall–Kier alpha value is -1.77. The molecule has 0 aliphatic carbocycles. The molecule has 0 bridgehead atoms. The number of rotatable bonds is 4. The average Bonchev–Trinajstić information content (AvgIpc) is 2.46. The maximum absolute atomic E-state index is 9.64. The molecule has 0 spiro atoms. The number of piperazine rings is 1. The van der Waals surface area contributed by atoms with E-state index in [1.165, 1.54) is 7.11 Å². The first-order valence-corrected chi connectivity index (χ1v) is 6.45. The highest BCUT2D eigenvalue weighted by Crippen LogP contribution is 2.32. The molecule has 5 heteroatoms. The molecule has 1 atom stereocenters. The molecule has 0 unspecified atom stereocenters. The van der Waals surface area contributed by atoms with Gasteiger partial charge in [-0.15, -0.1) is 0 Å². The Kier molecular flexibility index (Phi) is 4.61. The van der Waals surface area contributed by atoms with Crippen LogP contribution in [0.2, 0.25) is 0 Å². The van der Waals surface area contributed by atoms with Gasteiger partial charge in [0.1, 0.15) is 0 Å². The van der Waals surface area contributed by atoms with E-state index in [1.807, 2.05) is 12.1 Å². The highest BCUT2D eigenvalue weighted by Gasteiger charge is 2.22. The number of benzene rings is 1. The van der Waals surface area contributed by atoms with Gasteiger partial charge in [0, 0.05) is 32.2 Å². The maximum Gasteiger partial charge on any atom is 0.160 e. The lowest BCUT2D eigenvalue weighted by molar-refractivity contribution is 0.175. The molecular formula is C14H19N3O2. The number of nitriles is 1. The van der Waals surface area contributed by atoms with Crippen molar-refractivity contribution in [3.8, 4) is 17.6 Å². The zero-order valence-electron chi connectivity index (χ0n) is 11.1. The summed E-state index contributed by atoms with van der Waals surface area (Å²) in [6.07, 6.45) is 0.438. The zero-order chi connectivity index (χ0) is 13.7. The van der Waals surface area contributed by atoms with Crippen LogP contribution in [0.5, 0.6) is 11.5 Å². The van der Waals surface area contributed by atoms with Crippen LogP contribution in [0.4, 0.5) is 0 Å². The van der Waals surface area contributed by atoms with Crippen molar-refractivity contribution in [1.29, 1.82) is 5.26 Å². The van der Waals surface area contributed by atoms with Crippen LogP contribution in [0, 0.1) is 11.3 Å². The van der Waals surface area contributed by atoms with Gasteiger partial charge in [-0.3, -0.25) is 4.90 Å². The average molecular weight is 261 g/mol. The van der Waals surface area contributed by atoms with Crippen LogP contribution in [-0.2, 0) is 0 Å². The molecule has 1 aromatic carbocycles. The summed E-state index contributed by atoms with van der Waals surface area (Å²) in [7, 11) is 1.53. The Morgan fingerprint density at radius 1 is 1.47 bits per heavy atom. The number of hydrogen-bond donors (Lipinski definition) is 2. The molecule has 2 rings (SSSR count). The van der Waals surface area contributed by atoms with E-state index in [4.69, 9.17) is 10.00 Å². The minimum Gasteiger partial charge on any atom is -0.504 e. The van der Waals surface area contributed by atoms with E-state index in [-0.39, 0.29) is 11.8 Å². The molecule has 1 aromatic rings. The molecule has 19 heavy (non-hydrogen) atoms. The summed E-state index contributed by atoms with van der Waals surface area (Å²) in [4.78, 5) is 2.30. The topological polar surface area (TPSA) is 68.5 Å². The van der Waals surface area contributed by atoms with Crippen molar-refractivity contribution in [3.63, 3.8) is 0 Å². The van der Waals surface area contributed by atoms with E-state index in [2.05, 4.69) is 16.3 Å². The smallest absolute Gasteiger partial charge is 0.160 e. The number of phenols is 1. The third kappa shape index (κ3) is 3.16. The largest absolute Gasteiger partial charge is 0.504 e. The minimum atomic E-state index is 0.0570. The van der Waals surface area contributed by atoms with Gasteiger partial charge in [-0.25, -0.2) is 0 Å². The fraction of sp³-hybridized carbons (Fsp3) is 0.500. The van der Waals surface area contributed by atoms with Crippen LogP contribution >= 0.6 is 0 Å². The number of hydrogen-bond acceptors (Lipinski definition) is 5. The van der Waals surface area contributed by atoms with Crippen molar-refractivity contribution in [2.24, 2.45) is 0 Å². The first-order valence-electron chi connectivity index (χ1n) is 6.45. The summed E-state index contributed by atoms with van der Waals surface area (Å²) in [6, 6.07) is 7.61. The van der Waals surface area contributed by atoms with Crippen LogP contribution in [0.3, 0.4) is 0 Å². The number of phenolic OH excluding ortho intramolecular Hbond substituents is 1. The number of nitrogens with zero attached hydrogens (tertiary/aromatic N) is 2. The van der Waals surface area contributed by atoms with Gasteiger partial charge in [0.05, 0.1) is 19.6 Å². The van der Waals surface area contributed by atoms with Crippen LogP contribution in [0.15, 0.2) is 18.2 Å². The first-order chi connectivity index (χ1) is 9.26. The van der Waals surface area contributed by atoms with E-state index in [0.29, 0.717) is 12.2 Å². The molecule has 0 aromatic heterocycles. The van der Waals surface area contributed by atoms with Crippen LogP contribution in [0.25, 0.3) is 0 Å². The lowest BCUT2D eigenvalue weighted by atomic mass is 10.0. The second-order valence-corrected chi connectivity index (χ2v) is 4.60. The molecule has 0 saturated carbocycles. The van der Waals surface area contributed by atoms with Crippen molar-refractivity contribution < 1.29 is 9.84 Å². The van der Waals surface area contributed by atoms with E-state index in [9.17, 15) is 5.11 Å². The fourth-order valence-corrected chi connectivity index (χ4v) is 2.44. The Balaban J connectivity index is 2.25. The van der Waals surface area contributed by atoms with E-state index >= 15 is 0 Å². The Morgan fingerprint density at radius 2 is 2.21 bits per heavy atom. The summed E-state index contributed by atoms with van der Waals surface area (Å²) in [5.41, 5.74) is 1.01. The van der Waals surface area contributed by atoms with Crippen LogP contribution < -0.4 is 10.1 Å². The summed E-state index contributed by atoms with van der Waals surface area (Å²) in [5, 5.41) is 22.0. The number of aromatic hydroxyl groups is 1. The van der Waals surface area contributed by atoms with Gasteiger partial charge in [-0.2, -0.15) is 5.26 Å². The molecule has 1 heterocycles. The summed E-state index contributed by atoms with van der Waals surface area (Å²) < 4.78 is 5.14. The predicted molar refractivity (Wildman–Crippen MR) is 72.1 cm³/mol. The Bertz CT molecular complexity index is 464. The van der Waals surface area contributed by atoms with Gasteiger partial charge in [-0.05, 0) is 17.7 Å². The molecule has 1 saturated heterocycles. The monoisotopic (exact) mass is 261 g/mol. The second-order valence-electron chi connectivity index (χ2n) is 4.60. The number of ether oxygens (including phenoxy) is 1. The minimum absolute atomic E-state index is 0.0570. The number of methoxy groups -OCH3 is 1. The molecule has 1 fully saturated rings. The van der Waals surface area contributed by atoms with Crippen LogP contribution in [-0.4, -0.2) is 43.3 Å². The van der Waals surface area contributed by atoms with Gasteiger partial charge in [0.15, 0.2) is 11.5 Å². The van der Waals surface area contributed by atoms with E-state index in [0.717, 1.165) is 31.7 Å². The molecule has 1 aliphatic rings. The number of nitrogens with one attached hydrogen (secondary N) is 1. The summed E-state index contributed by atoms with van der Waals surface area (Å²) in [6.45, 7) is 3.74. The molecular weight excluding hydrogens is 242 g/mol. The molecule has 2 N–H and O–H groups in total. The lowest BCUT2D eigenvalue weighted by Crippen LogP contribution is -2.45. The molecule has 1 aliphatic heterocycles. The second kappa shape index (κ2) is 6.41. The SMILES string of the molecule is COc1cc([C@H](CC#N)N2CCNCC2)ccc1O. The van der Waals surface area contributed by atoms with Gasteiger partial charge in [0.25, 0.3) is 0 Å². The quantitative estimate of drug-likeness (QED) is 0.854. The normalized spacial score (nSPS) is 17.7. The van der Waals surface area contributed by atoms with Gasteiger partial charge in [0.2, 0.25) is 0 Å². The predicted octanol–water partition coefficient (Wildman–Crippen LogP) is 1.26. The molecule has 102 valence electrons. The van der Waals surface area contributed by atoms with E-state index < -0.39 is 0 Å². The van der Waals surface area contributed by atoms with E-state index in [1.54, 1.807) is 6.07 Å². The lowest BCUT2D eigenvalue weighted by Gasteiger charge is -2.34. The maximum atomic E-state index is 9.64. The zero-order valence-corrected chi connectivity index (χ0v) is 11.1. The standard InChI is InChI=1S/C14H19N3O2/c1-19-14-10-11(2-3-13(14)18)12(4-5-15)17-8-6-16-7-9-17/h2-3,10,12,16,18H,4,6-9H2,1H3/t12-/m0/s1. The van der Waals surface area contributed by atoms with Crippen LogP contribution in [0.1, 0.15) is 18.0 Å². The van der Waals surface area contributed by atoms with Gasteiger partial charge < -0.3 is 15.2 Å². The first kappa shape index (κ1) is 13.7. The van der Waals surface area contributed by atoms with Crippen molar-refractivity contribution in [2.75, 3.05) is 33.3 Å². The van der Waals surface area contributed by atoms with Crippen molar-refractivity contribution >= 4 is 0 Å². The summed E-state index contributed by atoms with van der Waals surface area (Å²) in [5.74, 6) is 0.581. The molecule has 0 amide bonds. The van der Waals surface area contributed by atoms with Gasteiger partial charge in [-0.1, -0.05) is 6.07 Å². The van der Waals surface area contributed by atoms with Crippen molar-refractivity contribution in [2.45, 2.75) is 12.5 Å². The Morgan fingerprint density at radius 3 is 2.84 bits per heavy atom. The van der Waals surface area contributed by atoms with Crippen molar-refractivity contribution in [3.05, 3.63) is 23.8 Å². The fourth-order valence-electron chi connectivity index (χ4n) is 2.44. The van der Waals surface area contributed by atoms with Gasteiger partial charge >= 0.3 is 0 Å².